The average molecular weight is 195 g/mol. The Hall–Kier alpha value is -0.530. The van der Waals surface area contributed by atoms with E-state index in [1.807, 2.05) is 0 Å². The minimum Gasteiger partial charge on any atom is -0.353 e. The first-order chi connectivity index (χ1) is 6.38. The minimum atomic E-state index is 0.125. The summed E-state index contributed by atoms with van der Waals surface area (Å²) in [6, 6.07) is 0.411. The van der Waals surface area contributed by atoms with Crippen LogP contribution in [0.3, 0.4) is 0 Å². The van der Waals surface area contributed by atoms with Crippen molar-refractivity contribution in [1.29, 1.82) is 0 Å². The molecule has 0 aromatic rings. The Kier molecular flexibility index (Phi) is 1.96. The quantitative estimate of drug-likeness (QED) is 0.683. The fraction of sp³-hybridized carbons (Fsp3) is 0.917. The molecular weight excluding hydrogens is 174 g/mol. The summed E-state index contributed by atoms with van der Waals surface area (Å²) in [5, 5.41) is 3.13. The molecule has 2 aliphatic rings. The lowest BCUT2D eigenvalue weighted by molar-refractivity contribution is -0.120. The Labute approximate surface area is 86.5 Å². The van der Waals surface area contributed by atoms with Crippen LogP contribution in [0.1, 0.15) is 47.0 Å². The molecule has 0 saturated heterocycles. The molecule has 2 bridgehead atoms. The Morgan fingerprint density at radius 2 is 2.00 bits per heavy atom. The fourth-order valence-electron chi connectivity index (χ4n) is 3.67. The van der Waals surface area contributed by atoms with E-state index in [9.17, 15) is 4.79 Å². The number of hydrogen-bond acceptors (Lipinski definition) is 1. The fourth-order valence-corrected chi connectivity index (χ4v) is 3.67. The van der Waals surface area contributed by atoms with Crippen LogP contribution in [-0.2, 0) is 4.79 Å². The highest BCUT2D eigenvalue weighted by Gasteiger charge is 2.61. The number of hydrogen-bond donors (Lipinski definition) is 1. The molecule has 0 heterocycles. The van der Waals surface area contributed by atoms with E-state index in [0.29, 0.717) is 16.9 Å². The van der Waals surface area contributed by atoms with Gasteiger partial charge in [-0.3, -0.25) is 4.79 Å². The lowest BCUT2D eigenvalue weighted by Crippen LogP contribution is -2.46. The monoisotopic (exact) mass is 195 g/mol. The zero-order valence-electron chi connectivity index (χ0n) is 9.68. The Morgan fingerprint density at radius 3 is 2.36 bits per heavy atom. The highest BCUT2D eigenvalue weighted by molar-refractivity contribution is 5.73. The second-order valence-corrected chi connectivity index (χ2v) is 5.86. The summed E-state index contributed by atoms with van der Waals surface area (Å²) in [5.41, 5.74) is 0.726. The Bertz CT molecular complexity index is 271. The van der Waals surface area contributed by atoms with Gasteiger partial charge in [-0.1, -0.05) is 20.8 Å². The van der Waals surface area contributed by atoms with Gasteiger partial charge in [0.15, 0.2) is 0 Å². The summed E-state index contributed by atoms with van der Waals surface area (Å²) >= 11 is 0. The number of rotatable bonds is 1. The lowest BCUT2D eigenvalue weighted by atomic mass is 9.69. The zero-order valence-corrected chi connectivity index (χ0v) is 9.68. The highest BCUT2D eigenvalue weighted by atomic mass is 16.1. The van der Waals surface area contributed by atoms with Crippen molar-refractivity contribution in [3.63, 3.8) is 0 Å². The maximum atomic E-state index is 11.1. The van der Waals surface area contributed by atoms with Crippen molar-refractivity contribution in [1.82, 2.24) is 5.32 Å². The van der Waals surface area contributed by atoms with Gasteiger partial charge in [-0.25, -0.2) is 0 Å². The second kappa shape index (κ2) is 2.74. The first kappa shape index (κ1) is 10.0. The van der Waals surface area contributed by atoms with Crippen molar-refractivity contribution >= 4 is 5.91 Å². The molecule has 2 nitrogen and oxygen atoms in total. The van der Waals surface area contributed by atoms with Crippen molar-refractivity contribution in [3.05, 3.63) is 0 Å². The maximum Gasteiger partial charge on any atom is 0.217 e. The van der Waals surface area contributed by atoms with E-state index in [4.69, 9.17) is 0 Å². The molecule has 0 aliphatic heterocycles. The molecule has 2 aliphatic carbocycles. The van der Waals surface area contributed by atoms with E-state index >= 15 is 0 Å². The van der Waals surface area contributed by atoms with Crippen LogP contribution in [0.2, 0.25) is 0 Å². The van der Waals surface area contributed by atoms with Crippen LogP contribution in [0.5, 0.6) is 0 Å². The molecular formula is C12H21NO. The number of amides is 1. The average Bonchev–Trinajstić information content (AvgIpc) is 2.35. The summed E-state index contributed by atoms with van der Waals surface area (Å²) in [5.74, 6) is 0.934. The Balaban J connectivity index is 2.23. The van der Waals surface area contributed by atoms with Gasteiger partial charge in [0.05, 0.1) is 0 Å². The molecule has 3 atom stereocenters. The number of fused-ring (bicyclic) bond motifs is 2. The van der Waals surface area contributed by atoms with Gasteiger partial charge < -0.3 is 5.32 Å². The standard InChI is InChI=1S/C12H21NO/c1-8(14)13-10-7-9-5-6-12(10,4)11(9,2)3/h9-10H,5-7H2,1-4H3,(H,13,14)/t9-,10-,12-/m0/s1. The van der Waals surface area contributed by atoms with E-state index < -0.39 is 0 Å². The van der Waals surface area contributed by atoms with E-state index in [1.165, 1.54) is 19.3 Å². The number of nitrogens with one attached hydrogen (secondary N) is 1. The first-order valence-corrected chi connectivity index (χ1v) is 5.65. The highest BCUT2D eigenvalue weighted by Crippen LogP contribution is 2.65. The molecule has 0 aromatic heterocycles. The van der Waals surface area contributed by atoms with E-state index in [2.05, 4.69) is 26.1 Å². The van der Waals surface area contributed by atoms with Crippen LogP contribution in [0.25, 0.3) is 0 Å². The summed E-state index contributed by atoms with van der Waals surface area (Å²) in [6.45, 7) is 8.71. The van der Waals surface area contributed by atoms with Gasteiger partial charge in [0, 0.05) is 13.0 Å². The molecule has 2 rings (SSSR count). The summed E-state index contributed by atoms with van der Waals surface area (Å²) in [6.07, 6.45) is 3.80. The molecule has 0 spiro atoms. The molecule has 0 radical (unpaired) electrons. The normalized spacial score (nSPS) is 44.0. The summed E-state index contributed by atoms with van der Waals surface area (Å²) in [7, 11) is 0. The second-order valence-electron chi connectivity index (χ2n) is 5.86. The summed E-state index contributed by atoms with van der Waals surface area (Å²) in [4.78, 5) is 11.1. The Morgan fingerprint density at radius 1 is 1.36 bits per heavy atom. The van der Waals surface area contributed by atoms with Gasteiger partial charge in [-0.05, 0) is 36.0 Å². The molecule has 2 saturated carbocycles. The molecule has 0 aromatic carbocycles. The van der Waals surface area contributed by atoms with Crippen molar-refractivity contribution in [2.45, 2.75) is 53.0 Å². The van der Waals surface area contributed by atoms with Crippen molar-refractivity contribution < 1.29 is 4.79 Å². The number of carbonyl (C=O) groups excluding carboxylic acids is 1. The van der Waals surface area contributed by atoms with Crippen LogP contribution in [0.4, 0.5) is 0 Å². The molecule has 1 amide bonds. The third-order valence-electron chi connectivity index (χ3n) is 5.17. The van der Waals surface area contributed by atoms with Crippen LogP contribution < -0.4 is 5.32 Å². The van der Waals surface area contributed by atoms with E-state index in [0.717, 1.165) is 5.92 Å². The van der Waals surface area contributed by atoms with Crippen molar-refractivity contribution in [2.24, 2.45) is 16.7 Å². The largest absolute Gasteiger partial charge is 0.353 e. The van der Waals surface area contributed by atoms with E-state index in [1.54, 1.807) is 6.92 Å². The molecule has 2 fully saturated rings. The van der Waals surface area contributed by atoms with Crippen LogP contribution in [-0.4, -0.2) is 11.9 Å². The van der Waals surface area contributed by atoms with E-state index in [-0.39, 0.29) is 5.91 Å². The predicted molar refractivity (Wildman–Crippen MR) is 56.8 cm³/mol. The van der Waals surface area contributed by atoms with Crippen LogP contribution in [0, 0.1) is 16.7 Å². The smallest absolute Gasteiger partial charge is 0.217 e. The third-order valence-corrected chi connectivity index (χ3v) is 5.17. The van der Waals surface area contributed by atoms with Crippen LogP contribution in [0.15, 0.2) is 0 Å². The molecule has 80 valence electrons. The number of carbonyl (C=O) groups is 1. The van der Waals surface area contributed by atoms with Gasteiger partial charge in [0.1, 0.15) is 0 Å². The topological polar surface area (TPSA) is 29.1 Å². The van der Waals surface area contributed by atoms with Crippen molar-refractivity contribution in [2.75, 3.05) is 0 Å². The lowest BCUT2D eigenvalue weighted by Gasteiger charge is -2.39. The van der Waals surface area contributed by atoms with Gasteiger partial charge in [-0.2, -0.15) is 0 Å². The minimum absolute atomic E-state index is 0.125. The van der Waals surface area contributed by atoms with Gasteiger partial charge in [-0.15, -0.1) is 0 Å². The van der Waals surface area contributed by atoms with Gasteiger partial charge >= 0.3 is 0 Å². The molecule has 14 heavy (non-hydrogen) atoms. The predicted octanol–water partition coefficient (Wildman–Crippen LogP) is 2.34. The molecule has 0 unspecified atom stereocenters. The molecule has 2 heteroatoms. The van der Waals surface area contributed by atoms with Gasteiger partial charge in [0.2, 0.25) is 5.91 Å². The maximum absolute atomic E-state index is 11.1. The first-order valence-electron chi connectivity index (χ1n) is 5.65. The zero-order chi connectivity index (χ0) is 10.6. The molecule has 1 N–H and O–H groups in total. The summed E-state index contributed by atoms with van der Waals surface area (Å²) < 4.78 is 0. The third kappa shape index (κ3) is 1.06. The van der Waals surface area contributed by atoms with Gasteiger partial charge in [0.25, 0.3) is 0 Å². The van der Waals surface area contributed by atoms with Crippen molar-refractivity contribution in [3.8, 4) is 0 Å². The SMILES string of the molecule is CC(=O)N[C@H]1C[C@@H]2CC[C@]1(C)C2(C)C. The van der Waals surface area contributed by atoms with Crippen LogP contribution >= 0.6 is 0 Å².